The van der Waals surface area contributed by atoms with Crippen LogP contribution in [0, 0.1) is 5.82 Å². The van der Waals surface area contributed by atoms with Gasteiger partial charge in [0.1, 0.15) is 11.5 Å². The van der Waals surface area contributed by atoms with Gasteiger partial charge in [0.05, 0.1) is 11.2 Å². The molecule has 0 bridgehead atoms. The quantitative estimate of drug-likeness (QED) is 0.683. The number of halogens is 2. The Morgan fingerprint density at radius 2 is 1.79 bits per heavy atom. The minimum atomic E-state index is -1.05. The zero-order valence-corrected chi connectivity index (χ0v) is 14.9. The van der Waals surface area contributed by atoms with Crippen molar-refractivity contribution in [2.45, 2.75) is 38.9 Å². The molecule has 24 heavy (non-hydrogen) atoms. The van der Waals surface area contributed by atoms with Crippen LogP contribution in [0.15, 0.2) is 41.4 Å². The highest BCUT2D eigenvalue weighted by Crippen LogP contribution is 2.39. The lowest BCUT2D eigenvalue weighted by atomic mass is 9.86. The summed E-state index contributed by atoms with van der Waals surface area (Å²) in [6, 6.07) is 8.20. The molecule has 1 aromatic carbocycles. The average Bonchev–Trinajstić information content (AvgIpc) is 3.08. The fourth-order valence-electron chi connectivity index (χ4n) is 2.44. The third-order valence-electron chi connectivity index (χ3n) is 4.56. The second-order valence-corrected chi connectivity index (χ2v) is 7.78. The Kier molecular flexibility index (Phi) is 4.40. The van der Waals surface area contributed by atoms with Crippen molar-refractivity contribution in [1.82, 2.24) is 0 Å². The Morgan fingerprint density at radius 3 is 2.38 bits per heavy atom. The molecular formula is C18H19BF2O2S. The maximum absolute atomic E-state index is 14.6. The van der Waals surface area contributed by atoms with Crippen LogP contribution < -0.4 is 0 Å². The third-order valence-corrected chi connectivity index (χ3v) is 5.46. The van der Waals surface area contributed by atoms with Crippen molar-refractivity contribution in [2.75, 3.05) is 0 Å². The molecule has 1 aromatic heterocycles. The van der Waals surface area contributed by atoms with E-state index >= 15 is 0 Å². The molecule has 126 valence electrons. The number of hydrogen-bond acceptors (Lipinski definition) is 3. The van der Waals surface area contributed by atoms with Gasteiger partial charge in [-0.25, -0.2) is 8.78 Å². The molecule has 0 spiro atoms. The largest absolute Gasteiger partial charge is 0.525 e. The first-order valence-electron chi connectivity index (χ1n) is 7.76. The number of rotatable bonds is 3. The summed E-state index contributed by atoms with van der Waals surface area (Å²) in [6.45, 7) is 7.47. The molecule has 3 rings (SSSR count). The Hall–Kier alpha value is -1.50. The van der Waals surface area contributed by atoms with Gasteiger partial charge in [0.2, 0.25) is 0 Å². The zero-order valence-electron chi connectivity index (χ0n) is 14.1. The summed E-state index contributed by atoms with van der Waals surface area (Å²) in [5, 5.41) is 1.88. The van der Waals surface area contributed by atoms with E-state index in [2.05, 4.69) is 0 Å². The molecule has 1 fully saturated rings. The van der Waals surface area contributed by atoms with E-state index in [0.29, 0.717) is 11.1 Å². The van der Waals surface area contributed by atoms with Crippen LogP contribution in [-0.4, -0.2) is 18.3 Å². The SMILES string of the molecule is CC1(C)OB(C(F)=Cc2ccc(F)c(-c3cccs3)c2)OC1(C)C. The van der Waals surface area contributed by atoms with Crippen molar-refractivity contribution in [2.24, 2.45) is 0 Å². The van der Waals surface area contributed by atoms with E-state index in [1.807, 2.05) is 45.2 Å². The maximum Gasteiger partial charge on any atom is 0.525 e. The van der Waals surface area contributed by atoms with E-state index in [1.165, 1.54) is 29.5 Å². The van der Waals surface area contributed by atoms with Crippen molar-refractivity contribution in [1.29, 1.82) is 0 Å². The fourth-order valence-corrected chi connectivity index (χ4v) is 3.18. The number of thiophene rings is 1. The van der Waals surface area contributed by atoms with Crippen LogP contribution in [0.25, 0.3) is 16.5 Å². The summed E-state index contributed by atoms with van der Waals surface area (Å²) in [4.78, 5) is 0.804. The van der Waals surface area contributed by atoms with Crippen molar-refractivity contribution in [3.63, 3.8) is 0 Å². The van der Waals surface area contributed by atoms with Crippen LogP contribution in [0.3, 0.4) is 0 Å². The Bertz CT molecular complexity index is 753. The Labute approximate surface area is 145 Å². The van der Waals surface area contributed by atoms with Crippen molar-refractivity contribution in [3.8, 4) is 10.4 Å². The molecule has 0 atom stereocenters. The van der Waals surface area contributed by atoms with E-state index < -0.39 is 24.0 Å². The van der Waals surface area contributed by atoms with Crippen molar-refractivity contribution >= 4 is 24.5 Å². The van der Waals surface area contributed by atoms with Crippen LogP contribution in [-0.2, 0) is 9.31 Å². The minimum Gasteiger partial charge on any atom is -0.398 e. The van der Waals surface area contributed by atoms with Gasteiger partial charge in [0.25, 0.3) is 0 Å². The lowest BCUT2D eigenvalue weighted by Crippen LogP contribution is -2.41. The topological polar surface area (TPSA) is 18.5 Å². The summed E-state index contributed by atoms with van der Waals surface area (Å²) in [5.41, 5.74) is -0.716. The molecule has 0 saturated carbocycles. The summed E-state index contributed by atoms with van der Waals surface area (Å²) < 4.78 is 40.0. The predicted molar refractivity (Wildman–Crippen MR) is 94.9 cm³/mol. The standard InChI is InChI=1S/C18H19BF2O2S/c1-17(2)18(3,4)23-19(22-17)16(21)11-12-7-8-14(20)13(10-12)15-6-5-9-24-15/h5-11H,1-4H3. The van der Waals surface area contributed by atoms with Gasteiger partial charge in [-0.1, -0.05) is 12.1 Å². The third kappa shape index (κ3) is 3.18. The smallest absolute Gasteiger partial charge is 0.398 e. The van der Waals surface area contributed by atoms with Crippen LogP contribution >= 0.6 is 11.3 Å². The predicted octanol–water partition coefficient (Wildman–Crippen LogP) is 5.50. The van der Waals surface area contributed by atoms with Gasteiger partial charge in [-0.2, -0.15) is 0 Å². The molecule has 2 aromatic rings. The summed E-state index contributed by atoms with van der Waals surface area (Å²) >= 11 is 1.44. The zero-order chi connectivity index (χ0) is 17.5. The van der Waals surface area contributed by atoms with E-state index in [4.69, 9.17) is 9.31 Å². The first kappa shape index (κ1) is 17.3. The van der Waals surface area contributed by atoms with Gasteiger partial charge in [-0.05, 0) is 62.9 Å². The fraction of sp³-hybridized carbons (Fsp3) is 0.333. The average molecular weight is 348 g/mol. The van der Waals surface area contributed by atoms with E-state index in [9.17, 15) is 8.78 Å². The lowest BCUT2D eigenvalue weighted by Gasteiger charge is -2.32. The van der Waals surface area contributed by atoms with Gasteiger partial charge in [0, 0.05) is 10.4 Å². The molecule has 0 unspecified atom stereocenters. The van der Waals surface area contributed by atoms with Crippen LogP contribution in [0.5, 0.6) is 0 Å². The highest BCUT2D eigenvalue weighted by atomic mass is 32.1. The van der Waals surface area contributed by atoms with Gasteiger partial charge in [0.15, 0.2) is 0 Å². The molecule has 0 amide bonds. The molecule has 6 heteroatoms. The van der Waals surface area contributed by atoms with Gasteiger partial charge < -0.3 is 9.31 Å². The van der Waals surface area contributed by atoms with Crippen LogP contribution in [0.1, 0.15) is 33.3 Å². The number of hydrogen-bond donors (Lipinski definition) is 0. The maximum atomic E-state index is 14.6. The van der Waals surface area contributed by atoms with Gasteiger partial charge in [-0.15, -0.1) is 11.3 Å². The normalized spacial score (nSPS) is 19.8. The van der Waals surface area contributed by atoms with Crippen molar-refractivity contribution < 1.29 is 18.1 Å². The van der Waals surface area contributed by atoms with E-state index in [-0.39, 0.29) is 5.82 Å². The first-order valence-corrected chi connectivity index (χ1v) is 8.64. The summed E-state index contributed by atoms with van der Waals surface area (Å²) in [6.07, 6.45) is 1.33. The summed E-state index contributed by atoms with van der Waals surface area (Å²) in [7, 11) is -1.05. The van der Waals surface area contributed by atoms with Crippen LogP contribution in [0.2, 0.25) is 0 Å². The molecule has 0 N–H and O–H groups in total. The van der Waals surface area contributed by atoms with E-state index in [1.54, 1.807) is 6.07 Å². The molecule has 2 nitrogen and oxygen atoms in total. The molecule has 0 radical (unpaired) electrons. The Balaban J connectivity index is 1.88. The second-order valence-electron chi connectivity index (χ2n) is 6.83. The lowest BCUT2D eigenvalue weighted by molar-refractivity contribution is 0.00578. The molecule has 1 aliphatic heterocycles. The highest BCUT2D eigenvalue weighted by Gasteiger charge is 2.53. The first-order chi connectivity index (χ1) is 11.2. The van der Waals surface area contributed by atoms with Crippen molar-refractivity contribution in [3.05, 3.63) is 52.8 Å². The Morgan fingerprint density at radius 1 is 1.12 bits per heavy atom. The van der Waals surface area contributed by atoms with Gasteiger partial charge >= 0.3 is 7.12 Å². The second kappa shape index (κ2) is 6.10. The van der Waals surface area contributed by atoms with Gasteiger partial charge in [-0.3, -0.25) is 0 Å². The molecule has 0 aliphatic carbocycles. The monoisotopic (exact) mass is 348 g/mol. The van der Waals surface area contributed by atoms with Crippen LogP contribution in [0.4, 0.5) is 8.78 Å². The summed E-state index contributed by atoms with van der Waals surface area (Å²) in [5.74, 6) is -0.328. The highest BCUT2D eigenvalue weighted by molar-refractivity contribution is 7.13. The molecule has 1 aliphatic rings. The minimum absolute atomic E-state index is 0.328. The molecule has 1 saturated heterocycles. The van der Waals surface area contributed by atoms with E-state index in [0.717, 1.165) is 4.88 Å². The molecular weight excluding hydrogens is 329 g/mol. The molecule has 2 heterocycles. The number of benzene rings is 1.